The van der Waals surface area contributed by atoms with Gasteiger partial charge in [0.2, 0.25) is 15.8 Å². The molecule has 3 N–H and O–H groups in total. The van der Waals surface area contributed by atoms with E-state index in [2.05, 4.69) is 30.7 Å². The van der Waals surface area contributed by atoms with Gasteiger partial charge in [-0.25, -0.2) is 8.42 Å². The summed E-state index contributed by atoms with van der Waals surface area (Å²) in [4.78, 5) is 0. The summed E-state index contributed by atoms with van der Waals surface area (Å²) in [5.41, 5.74) is 0.813. The maximum absolute atomic E-state index is 11.4. The third-order valence-electron chi connectivity index (χ3n) is 2.60. The van der Waals surface area contributed by atoms with Crippen LogP contribution in [0, 0.1) is 11.3 Å². The standard InChI is InChI=1S/C12H13N7O3S/c1-22-9-3-4-10(17-23(2,20)21)11(5-9)14-7-8(6-13)12-15-18-19-16-12/h3-5,7,14,17H,1-2H3,(H,15,16,18,19). The van der Waals surface area contributed by atoms with Crippen molar-refractivity contribution in [3.8, 4) is 11.8 Å². The molecule has 0 saturated heterocycles. The van der Waals surface area contributed by atoms with Gasteiger partial charge in [0.15, 0.2) is 0 Å². The van der Waals surface area contributed by atoms with Gasteiger partial charge in [0, 0.05) is 12.3 Å². The van der Waals surface area contributed by atoms with E-state index < -0.39 is 10.0 Å². The van der Waals surface area contributed by atoms with Crippen LogP contribution < -0.4 is 14.8 Å². The predicted molar refractivity (Wildman–Crippen MR) is 82.9 cm³/mol. The van der Waals surface area contributed by atoms with Crippen LogP contribution in [0.2, 0.25) is 0 Å². The number of aromatic nitrogens is 4. The molecule has 120 valence electrons. The normalized spacial score (nSPS) is 11.6. The topological polar surface area (TPSA) is 146 Å². The Labute approximate surface area is 132 Å². The Balaban J connectivity index is 2.35. The molecule has 1 aromatic carbocycles. The minimum Gasteiger partial charge on any atom is -0.497 e. The highest BCUT2D eigenvalue weighted by Crippen LogP contribution is 2.28. The summed E-state index contributed by atoms with van der Waals surface area (Å²) in [6.07, 6.45) is 2.38. The first-order valence-electron chi connectivity index (χ1n) is 6.19. The Morgan fingerprint density at radius 3 is 2.78 bits per heavy atom. The fraction of sp³-hybridized carbons (Fsp3) is 0.167. The number of allylic oxidation sites excluding steroid dienone is 1. The Morgan fingerprint density at radius 1 is 1.43 bits per heavy atom. The second-order valence-corrected chi connectivity index (χ2v) is 6.08. The highest BCUT2D eigenvalue weighted by molar-refractivity contribution is 7.92. The lowest BCUT2D eigenvalue weighted by molar-refractivity contribution is 0.415. The Hall–Kier alpha value is -3.13. The molecule has 0 saturated carbocycles. The molecule has 2 aromatic rings. The van der Waals surface area contributed by atoms with Crippen molar-refractivity contribution in [1.82, 2.24) is 20.6 Å². The number of H-pyrrole nitrogens is 1. The van der Waals surface area contributed by atoms with Crippen LogP contribution in [0.4, 0.5) is 11.4 Å². The molecule has 0 bridgehead atoms. The lowest BCUT2D eigenvalue weighted by Gasteiger charge is -2.12. The Kier molecular flexibility index (Phi) is 4.77. The molecule has 0 aliphatic carbocycles. The van der Waals surface area contributed by atoms with Crippen LogP contribution in [0.5, 0.6) is 5.75 Å². The second kappa shape index (κ2) is 6.75. The molecule has 0 spiro atoms. The molecule has 11 heteroatoms. The molecule has 1 aromatic heterocycles. The summed E-state index contributed by atoms with van der Waals surface area (Å²) in [5, 5.41) is 25.0. The second-order valence-electron chi connectivity index (χ2n) is 4.34. The third kappa shape index (κ3) is 4.42. The number of rotatable bonds is 6. The molecule has 0 aliphatic heterocycles. The van der Waals surface area contributed by atoms with Crippen LogP contribution in [-0.2, 0) is 10.0 Å². The Bertz CT molecular complexity index is 853. The minimum atomic E-state index is -3.46. The highest BCUT2D eigenvalue weighted by Gasteiger charge is 2.10. The van der Waals surface area contributed by atoms with Crippen molar-refractivity contribution < 1.29 is 13.2 Å². The van der Waals surface area contributed by atoms with E-state index in [9.17, 15) is 8.42 Å². The maximum Gasteiger partial charge on any atom is 0.229 e. The van der Waals surface area contributed by atoms with Gasteiger partial charge in [0.25, 0.3) is 0 Å². The average molecular weight is 335 g/mol. The number of methoxy groups -OCH3 is 1. The van der Waals surface area contributed by atoms with Crippen molar-refractivity contribution in [3.63, 3.8) is 0 Å². The number of nitrogens with one attached hydrogen (secondary N) is 3. The molecular formula is C12H13N7O3S. The summed E-state index contributed by atoms with van der Waals surface area (Å²) < 4.78 is 30.3. The van der Waals surface area contributed by atoms with Gasteiger partial charge in [-0.15, -0.1) is 10.2 Å². The number of hydrogen-bond acceptors (Lipinski definition) is 8. The summed E-state index contributed by atoms with van der Waals surface area (Å²) in [6, 6.07) is 6.64. The van der Waals surface area contributed by atoms with Crippen LogP contribution in [0.3, 0.4) is 0 Å². The van der Waals surface area contributed by atoms with Gasteiger partial charge in [-0.05, 0) is 17.3 Å². The monoisotopic (exact) mass is 335 g/mol. The van der Waals surface area contributed by atoms with Gasteiger partial charge in [0.05, 0.1) is 24.7 Å². The first-order valence-corrected chi connectivity index (χ1v) is 8.08. The fourth-order valence-electron chi connectivity index (χ4n) is 1.63. The molecule has 0 aliphatic rings. The Morgan fingerprint density at radius 2 is 2.22 bits per heavy atom. The van der Waals surface area contributed by atoms with Gasteiger partial charge in [-0.3, -0.25) is 4.72 Å². The molecule has 0 atom stereocenters. The van der Waals surface area contributed by atoms with Crippen LogP contribution in [0.25, 0.3) is 5.57 Å². The number of aromatic amines is 1. The smallest absolute Gasteiger partial charge is 0.229 e. The SMILES string of the molecule is COc1ccc(NS(C)(=O)=O)c(NC=C(C#N)c2nn[nH]n2)c1. The van der Waals surface area contributed by atoms with Gasteiger partial charge < -0.3 is 10.1 Å². The summed E-state index contributed by atoms with van der Waals surface area (Å²) in [5.74, 6) is 0.624. The third-order valence-corrected chi connectivity index (χ3v) is 3.19. The molecule has 2 rings (SSSR count). The zero-order valence-corrected chi connectivity index (χ0v) is 13.0. The molecule has 10 nitrogen and oxygen atoms in total. The fourth-order valence-corrected chi connectivity index (χ4v) is 2.21. The first-order chi connectivity index (χ1) is 10.9. The predicted octanol–water partition coefficient (Wildman–Crippen LogP) is 0.556. The van der Waals surface area contributed by atoms with Crippen molar-refractivity contribution in [3.05, 3.63) is 30.2 Å². The molecule has 23 heavy (non-hydrogen) atoms. The maximum atomic E-state index is 11.4. The van der Waals surface area contributed by atoms with Gasteiger partial charge in [-0.2, -0.15) is 10.5 Å². The van der Waals surface area contributed by atoms with E-state index in [1.807, 2.05) is 6.07 Å². The number of benzene rings is 1. The number of ether oxygens (including phenoxy) is 1. The van der Waals surface area contributed by atoms with Crippen molar-refractivity contribution in [2.45, 2.75) is 0 Å². The number of nitrogens with zero attached hydrogens (tertiary/aromatic N) is 4. The van der Waals surface area contributed by atoms with Crippen LogP contribution in [0.15, 0.2) is 24.4 Å². The zero-order chi connectivity index (χ0) is 16.9. The van der Waals surface area contributed by atoms with E-state index in [0.29, 0.717) is 17.1 Å². The van der Waals surface area contributed by atoms with Crippen LogP contribution in [-0.4, -0.2) is 42.4 Å². The van der Waals surface area contributed by atoms with E-state index in [-0.39, 0.29) is 11.4 Å². The number of sulfonamides is 1. The lowest BCUT2D eigenvalue weighted by atomic mass is 10.2. The minimum absolute atomic E-state index is 0.112. The number of hydrogen-bond donors (Lipinski definition) is 3. The number of tetrazole rings is 1. The van der Waals surface area contributed by atoms with E-state index in [0.717, 1.165) is 6.26 Å². The van der Waals surface area contributed by atoms with E-state index in [4.69, 9.17) is 10.00 Å². The van der Waals surface area contributed by atoms with Gasteiger partial charge in [0.1, 0.15) is 17.4 Å². The molecular weight excluding hydrogens is 322 g/mol. The van der Waals surface area contributed by atoms with E-state index in [1.165, 1.54) is 19.4 Å². The van der Waals surface area contributed by atoms with Crippen LogP contribution in [0.1, 0.15) is 5.82 Å². The first kappa shape index (κ1) is 16.2. The summed E-state index contributed by atoms with van der Waals surface area (Å²) in [7, 11) is -1.98. The quantitative estimate of drug-likeness (QED) is 0.649. The lowest BCUT2D eigenvalue weighted by Crippen LogP contribution is -2.11. The van der Waals surface area contributed by atoms with Crippen LogP contribution >= 0.6 is 0 Å². The van der Waals surface area contributed by atoms with Gasteiger partial charge >= 0.3 is 0 Å². The molecule has 0 radical (unpaired) electrons. The van der Waals surface area contributed by atoms with Crippen molar-refractivity contribution in [2.75, 3.05) is 23.4 Å². The zero-order valence-electron chi connectivity index (χ0n) is 12.2. The molecule has 1 heterocycles. The largest absolute Gasteiger partial charge is 0.497 e. The molecule has 0 amide bonds. The summed E-state index contributed by atoms with van der Waals surface area (Å²) >= 11 is 0. The number of anilines is 2. The van der Waals surface area contributed by atoms with E-state index in [1.54, 1.807) is 12.1 Å². The molecule has 0 fully saturated rings. The number of nitriles is 1. The van der Waals surface area contributed by atoms with Crippen molar-refractivity contribution in [2.24, 2.45) is 0 Å². The highest BCUT2D eigenvalue weighted by atomic mass is 32.2. The summed E-state index contributed by atoms with van der Waals surface area (Å²) in [6.45, 7) is 0. The van der Waals surface area contributed by atoms with Crippen molar-refractivity contribution in [1.29, 1.82) is 5.26 Å². The van der Waals surface area contributed by atoms with Crippen molar-refractivity contribution >= 4 is 27.0 Å². The van der Waals surface area contributed by atoms with Gasteiger partial charge in [-0.1, -0.05) is 0 Å². The average Bonchev–Trinajstić information content (AvgIpc) is 3.02. The molecule has 0 unspecified atom stereocenters. The van der Waals surface area contributed by atoms with E-state index >= 15 is 0 Å².